The Labute approximate surface area is 216 Å². The van der Waals surface area contributed by atoms with E-state index in [1.807, 2.05) is 85.1 Å². The van der Waals surface area contributed by atoms with E-state index >= 15 is 0 Å². The minimum atomic E-state index is -0.777. The number of aryl methyl sites for hydroxylation is 1. The van der Waals surface area contributed by atoms with Crippen LogP contribution in [0.1, 0.15) is 27.0 Å². The molecular formula is C30H32N2O3S. The third-order valence-corrected chi connectivity index (χ3v) is 6.96. The van der Waals surface area contributed by atoms with E-state index in [0.29, 0.717) is 25.1 Å². The smallest absolute Gasteiger partial charge is 0.251 e. The number of hydrogen-bond donors (Lipinski definition) is 3. The Morgan fingerprint density at radius 1 is 0.972 bits per heavy atom. The molecule has 0 aliphatic carbocycles. The molecule has 0 saturated heterocycles. The van der Waals surface area contributed by atoms with Gasteiger partial charge in [0.15, 0.2) is 0 Å². The van der Waals surface area contributed by atoms with Gasteiger partial charge in [-0.25, -0.2) is 0 Å². The van der Waals surface area contributed by atoms with Crippen LogP contribution in [0.15, 0.2) is 90.3 Å². The number of nitrogens with one attached hydrogen (secondary N) is 2. The van der Waals surface area contributed by atoms with Gasteiger partial charge in [-0.1, -0.05) is 54.6 Å². The van der Waals surface area contributed by atoms with E-state index in [1.54, 1.807) is 18.4 Å². The number of methoxy groups -OCH3 is 1. The van der Waals surface area contributed by atoms with Gasteiger partial charge in [-0.05, 0) is 71.3 Å². The first-order valence-electron chi connectivity index (χ1n) is 12.0. The molecule has 0 unspecified atom stereocenters. The Bertz CT molecular complexity index is 1260. The molecule has 6 heteroatoms. The Kier molecular flexibility index (Phi) is 8.90. The van der Waals surface area contributed by atoms with E-state index in [2.05, 4.69) is 22.8 Å². The van der Waals surface area contributed by atoms with Gasteiger partial charge < -0.3 is 20.5 Å². The van der Waals surface area contributed by atoms with Crippen molar-refractivity contribution in [1.82, 2.24) is 10.6 Å². The number of amides is 1. The first-order chi connectivity index (χ1) is 17.5. The van der Waals surface area contributed by atoms with Gasteiger partial charge >= 0.3 is 0 Å². The van der Waals surface area contributed by atoms with Gasteiger partial charge in [0.25, 0.3) is 5.91 Å². The molecule has 0 saturated carbocycles. The summed E-state index contributed by atoms with van der Waals surface area (Å²) in [6.07, 6.45) is -0.251. The van der Waals surface area contributed by atoms with Crippen LogP contribution >= 0.6 is 11.3 Å². The van der Waals surface area contributed by atoms with E-state index in [-0.39, 0.29) is 5.91 Å². The molecule has 4 aromatic rings. The average Bonchev–Trinajstić information content (AvgIpc) is 3.44. The molecule has 36 heavy (non-hydrogen) atoms. The molecule has 0 radical (unpaired) electrons. The van der Waals surface area contributed by atoms with Crippen LogP contribution in [0.2, 0.25) is 0 Å². The predicted octanol–water partition coefficient (Wildman–Crippen LogP) is 5.22. The van der Waals surface area contributed by atoms with E-state index in [9.17, 15) is 9.90 Å². The highest BCUT2D eigenvalue weighted by atomic mass is 32.1. The van der Waals surface area contributed by atoms with Crippen molar-refractivity contribution < 1.29 is 14.6 Å². The van der Waals surface area contributed by atoms with E-state index in [0.717, 1.165) is 32.9 Å². The van der Waals surface area contributed by atoms with E-state index < -0.39 is 12.1 Å². The fourth-order valence-corrected chi connectivity index (χ4v) is 4.91. The monoisotopic (exact) mass is 500 g/mol. The lowest BCUT2D eigenvalue weighted by atomic mass is 9.99. The summed E-state index contributed by atoms with van der Waals surface area (Å²) < 4.78 is 5.29. The number of carbonyl (C=O) groups is 1. The van der Waals surface area contributed by atoms with Crippen LogP contribution in [-0.2, 0) is 13.0 Å². The third kappa shape index (κ3) is 7.04. The number of aliphatic hydroxyl groups is 1. The van der Waals surface area contributed by atoms with Crippen LogP contribution < -0.4 is 15.4 Å². The van der Waals surface area contributed by atoms with Gasteiger partial charge in [-0.3, -0.25) is 4.79 Å². The summed E-state index contributed by atoms with van der Waals surface area (Å²) in [6, 6.07) is 27.2. The second-order valence-corrected chi connectivity index (χ2v) is 9.83. The highest BCUT2D eigenvalue weighted by Gasteiger charge is 2.23. The molecule has 3 aromatic carbocycles. The molecule has 4 rings (SSSR count). The van der Waals surface area contributed by atoms with Crippen LogP contribution in [0, 0.1) is 6.92 Å². The Morgan fingerprint density at radius 3 is 2.53 bits per heavy atom. The van der Waals surface area contributed by atoms with Gasteiger partial charge in [0.05, 0.1) is 19.3 Å². The second-order valence-electron chi connectivity index (χ2n) is 8.88. The van der Waals surface area contributed by atoms with Crippen molar-refractivity contribution in [2.45, 2.75) is 32.0 Å². The van der Waals surface area contributed by atoms with Gasteiger partial charge in [-0.15, -0.1) is 11.3 Å². The van der Waals surface area contributed by atoms with E-state index in [4.69, 9.17) is 4.74 Å². The lowest BCUT2D eigenvalue weighted by Gasteiger charge is -2.25. The zero-order valence-electron chi connectivity index (χ0n) is 20.6. The Balaban J connectivity index is 1.46. The predicted molar refractivity (Wildman–Crippen MR) is 147 cm³/mol. The second kappa shape index (κ2) is 12.5. The summed E-state index contributed by atoms with van der Waals surface area (Å²) >= 11 is 1.65. The van der Waals surface area contributed by atoms with Gasteiger partial charge in [0, 0.05) is 23.5 Å². The van der Waals surface area contributed by atoms with Crippen molar-refractivity contribution in [3.05, 3.63) is 113 Å². The van der Waals surface area contributed by atoms with Crippen molar-refractivity contribution in [3.8, 4) is 16.2 Å². The molecule has 0 fully saturated rings. The fourth-order valence-electron chi connectivity index (χ4n) is 4.19. The summed E-state index contributed by atoms with van der Waals surface area (Å²) in [5.74, 6) is 0.605. The molecule has 5 nitrogen and oxygen atoms in total. The molecule has 0 aliphatic heterocycles. The van der Waals surface area contributed by atoms with Crippen LogP contribution in [0.3, 0.4) is 0 Å². The summed E-state index contributed by atoms with van der Waals surface area (Å²) in [4.78, 5) is 14.5. The molecule has 3 N–H and O–H groups in total. The van der Waals surface area contributed by atoms with Crippen LogP contribution in [0.4, 0.5) is 0 Å². The number of rotatable bonds is 11. The quantitative estimate of drug-likeness (QED) is 0.264. The number of ether oxygens (including phenoxy) is 1. The first-order valence-corrected chi connectivity index (χ1v) is 12.9. The lowest BCUT2D eigenvalue weighted by molar-refractivity contribution is 0.0830. The number of carbonyl (C=O) groups excluding carboxylic acids is 1. The highest BCUT2D eigenvalue weighted by molar-refractivity contribution is 7.13. The molecule has 0 spiro atoms. The van der Waals surface area contributed by atoms with Gasteiger partial charge in [0.2, 0.25) is 0 Å². The van der Waals surface area contributed by atoms with Gasteiger partial charge in [0.1, 0.15) is 5.75 Å². The molecule has 2 atom stereocenters. The minimum Gasteiger partial charge on any atom is -0.497 e. The van der Waals surface area contributed by atoms with E-state index in [1.165, 1.54) is 0 Å². The van der Waals surface area contributed by atoms with Crippen LogP contribution in [0.5, 0.6) is 5.75 Å². The zero-order valence-corrected chi connectivity index (χ0v) is 21.4. The fraction of sp³-hybridized carbons (Fsp3) is 0.233. The largest absolute Gasteiger partial charge is 0.497 e. The third-order valence-electron chi connectivity index (χ3n) is 6.04. The molecule has 1 amide bonds. The zero-order chi connectivity index (χ0) is 25.3. The number of thiophene rings is 1. The van der Waals surface area contributed by atoms with Crippen LogP contribution in [0.25, 0.3) is 10.4 Å². The number of hydrogen-bond acceptors (Lipinski definition) is 5. The maximum absolute atomic E-state index is 13.3. The summed E-state index contributed by atoms with van der Waals surface area (Å²) in [5, 5.41) is 19.5. The highest BCUT2D eigenvalue weighted by Crippen LogP contribution is 2.27. The number of aliphatic hydroxyl groups excluding tert-OH is 1. The SMILES string of the molecule is COc1cccc(CNC[C@@H](O)[C@H](Cc2ccccc2)NC(=O)c2cc(C)cc(-c3cccs3)c2)c1. The Hall–Kier alpha value is -3.45. The van der Waals surface area contributed by atoms with Crippen molar-refractivity contribution in [2.75, 3.05) is 13.7 Å². The Morgan fingerprint density at radius 2 is 1.78 bits per heavy atom. The maximum atomic E-state index is 13.3. The van der Waals surface area contributed by atoms with Crippen molar-refractivity contribution in [1.29, 1.82) is 0 Å². The normalized spacial score (nSPS) is 12.6. The first kappa shape index (κ1) is 25.6. The lowest BCUT2D eigenvalue weighted by Crippen LogP contribution is -2.48. The molecule has 0 bridgehead atoms. The van der Waals surface area contributed by atoms with Crippen molar-refractivity contribution in [2.24, 2.45) is 0 Å². The summed E-state index contributed by atoms with van der Waals surface area (Å²) in [5.41, 5.74) is 4.75. The molecular weight excluding hydrogens is 468 g/mol. The average molecular weight is 501 g/mol. The molecule has 186 valence electrons. The standard InChI is InChI=1S/C30H32N2O3S/c1-21-14-24(29-12-7-13-36-29)18-25(15-21)30(34)32-27(17-22-8-4-3-5-9-22)28(33)20-31-19-23-10-6-11-26(16-23)35-2/h3-16,18,27-28,31,33H,17,19-20H2,1-2H3,(H,32,34)/t27-,28+/m0/s1. The summed E-state index contributed by atoms with van der Waals surface area (Å²) in [6.45, 7) is 2.91. The molecule has 1 heterocycles. The van der Waals surface area contributed by atoms with Crippen molar-refractivity contribution >= 4 is 17.2 Å². The summed E-state index contributed by atoms with van der Waals surface area (Å²) in [7, 11) is 1.64. The molecule has 0 aliphatic rings. The number of benzene rings is 3. The van der Waals surface area contributed by atoms with Crippen LogP contribution in [-0.4, -0.2) is 36.8 Å². The topological polar surface area (TPSA) is 70.6 Å². The maximum Gasteiger partial charge on any atom is 0.251 e. The minimum absolute atomic E-state index is 0.190. The van der Waals surface area contributed by atoms with Gasteiger partial charge in [-0.2, -0.15) is 0 Å². The molecule has 1 aromatic heterocycles. The van der Waals surface area contributed by atoms with Crippen molar-refractivity contribution in [3.63, 3.8) is 0 Å².